The number of hydrogen-bond acceptors (Lipinski definition) is 6. The Balaban J connectivity index is 1.45. The quantitative estimate of drug-likeness (QED) is 0.723. The maximum Gasteiger partial charge on any atom is 0.251 e. The number of fused-ring (bicyclic) bond motifs is 2. The van der Waals surface area contributed by atoms with Crippen molar-refractivity contribution in [1.82, 2.24) is 10.3 Å². The Kier molecular flexibility index (Phi) is 4.64. The summed E-state index contributed by atoms with van der Waals surface area (Å²) in [6, 6.07) is 11.7. The van der Waals surface area contributed by atoms with E-state index in [0.29, 0.717) is 35.4 Å². The van der Waals surface area contributed by atoms with Gasteiger partial charge in [-0.2, -0.15) is 0 Å². The third-order valence-electron chi connectivity index (χ3n) is 4.06. The van der Waals surface area contributed by atoms with Gasteiger partial charge in [0.1, 0.15) is 19.3 Å². The zero-order chi connectivity index (χ0) is 18.8. The average molecular weight is 383 g/mol. The second-order valence-electron chi connectivity index (χ2n) is 6.03. The molecule has 0 saturated carbocycles. The molecule has 27 heavy (non-hydrogen) atoms. The zero-order valence-electron chi connectivity index (χ0n) is 14.5. The fourth-order valence-corrected chi connectivity index (χ4v) is 3.55. The predicted octanol–water partition coefficient (Wildman–Crippen LogP) is 2.82. The molecule has 3 aromatic rings. The van der Waals surface area contributed by atoms with Crippen molar-refractivity contribution in [1.29, 1.82) is 0 Å². The summed E-state index contributed by atoms with van der Waals surface area (Å²) < 4.78 is 12.0. The molecule has 2 heterocycles. The van der Waals surface area contributed by atoms with Crippen molar-refractivity contribution >= 4 is 38.5 Å². The van der Waals surface area contributed by atoms with E-state index >= 15 is 0 Å². The van der Waals surface area contributed by atoms with Gasteiger partial charge < -0.3 is 20.1 Å². The molecule has 0 saturated heterocycles. The number of anilines is 1. The Morgan fingerprint density at radius 3 is 2.56 bits per heavy atom. The van der Waals surface area contributed by atoms with Crippen LogP contribution in [0.2, 0.25) is 0 Å². The number of nitrogens with zero attached hydrogens (tertiary/aromatic N) is 1. The average Bonchev–Trinajstić information content (AvgIpc) is 3.07. The lowest BCUT2D eigenvalue weighted by atomic mass is 10.2. The molecule has 0 unspecified atom stereocenters. The van der Waals surface area contributed by atoms with E-state index < -0.39 is 6.04 Å². The van der Waals surface area contributed by atoms with E-state index in [-0.39, 0.29) is 11.8 Å². The summed E-state index contributed by atoms with van der Waals surface area (Å²) in [7, 11) is 0. The van der Waals surface area contributed by atoms with Gasteiger partial charge in [0, 0.05) is 17.7 Å². The number of ether oxygens (including phenoxy) is 2. The molecule has 0 aliphatic carbocycles. The van der Waals surface area contributed by atoms with E-state index in [1.54, 1.807) is 37.3 Å². The lowest BCUT2D eigenvalue weighted by molar-refractivity contribution is -0.117. The van der Waals surface area contributed by atoms with E-state index in [4.69, 9.17) is 9.47 Å². The van der Waals surface area contributed by atoms with Crippen LogP contribution in [-0.2, 0) is 4.79 Å². The van der Waals surface area contributed by atoms with Gasteiger partial charge in [-0.1, -0.05) is 29.5 Å². The van der Waals surface area contributed by atoms with E-state index in [1.807, 2.05) is 12.1 Å². The van der Waals surface area contributed by atoms with Crippen LogP contribution >= 0.6 is 11.3 Å². The fraction of sp³-hybridized carbons (Fsp3) is 0.211. The molecule has 0 bridgehead atoms. The topological polar surface area (TPSA) is 89.6 Å². The Morgan fingerprint density at radius 2 is 1.81 bits per heavy atom. The van der Waals surface area contributed by atoms with Gasteiger partial charge in [0.25, 0.3) is 5.91 Å². The third-order valence-corrected chi connectivity index (χ3v) is 4.99. The zero-order valence-corrected chi connectivity index (χ0v) is 15.3. The number of benzene rings is 2. The number of carbonyl (C=O) groups excluding carboxylic acids is 2. The van der Waals surface area contributed by atoms with E-state index in [0.717, 1.165) is 10.2 Å². The highest BCUT2D eigenvalue weighted by atomic mass is 32.1. The minimum Gasteiger partial charge on any atom is -0.486 e. The number of nitrogens with one attached hydrogen (secondary N) is 2. The van der Waals surface area contributed by atoms with Gasteiger partial charge in [-0.05, 0) is 19.1 Å². The summed E-state index contributed by atoms with van der Waals surface area (Å²) in [4.78, 5) is 29.0. The van der Waals surface area contributed by atoms with Gasteiger partial charge in [-0.25, -0.2) is 4.98 Å². The molecule has 8 heteroatoms. The Labute approximate surface area is 159 Å². The number of carbonyl (C=O) groups is 2. The van der Waals surface area contributed by atoms with Crippen molar-refractivity contribution in [2.45, 2.75) is 13.0 Å². The first-order valence-corrected chi connectivity index (χ1v) is 9.29. The van der Waals surface area contributed by atoms with Crippen LogP contribution in [0, 0.1) is 0 Å². The molecule has 1 atom stereocenters. The maximum atomic E-state index is 12.4. The van der Waals surface area contributed by atoms with Crippen LogP contribution in [0.25, 0.3) is 10.2 Å². The van der Waals surface area contributed by atoms with Gasteiger partial charge in [-0.3, -0.25) is 9.59 Å². The molecule has 138 valence electrons. The number of thiazole rings is 1. The molecule has 1 aliphatic rings. The predicted molar refractivity (Wildman–Crippen MR) is 103 cm³/mol. The SMILES string of the molecule is C[C@@H](NC(=O)c1ccccc1)C(=O)Nc1nc2cc3c(cc2s1)OCCO3. The van der Waals surface area contributed by atoms with Crippen LogP contribution in [0.4, 0.5) is 5.13 Å². The summed E-state index contributed by atoms with van der Waals surface area (Å²) >= 11 is 1.34. The van der Waals surface area contributed by atoms with Gasteiger partial charge in [0.15, 0.2) is 16.6 Å². The Hall–Kier alpha value is -3.13. The number of rotatable bonds is 4. The minimum atomic E-state index is -0.704. The van der Waals surface area contributed by atoms with Crippen molar-refractivity contribution in [2.75, 3.05) is 18.5 Å². The monoisotopic (exact) mass is 383 g/mol. The summed E-state index contributed by atoms with van der Waals surface area (Å²) in [5.74, 6) is 0.694. The largest absolute Gasteiger partial charge is 0.486 e. The highest BCUT2D eigenvalue weighted by molar-refractivity contribution is 7.22. The first kappa shape index (κ1) is 17.3. The molecular formula is C19H17N3O4S. The van der Waals surface area contributed by atoms with Gasteiger partial charge in [0.2, 0.25) is 5.91 Å². The molecule has 2 amide bonds. The van der Waals surface area contributed by atoms with E-state index in [1.165, 1.54) is 11.3 Å². The van der Waals surface area contributed by atoms with Crippen LogP contribution in [-0.4, -0.2) is 36.1 Å². The first-order chi connectivity index (χ1) is 13.1. The van der Waals surface area contributed by atoms with Crippen LogP contribution in [0.3, 0.4) is 0 Å². The highest BCUT2D eigenvalue weighted by Crippen LogP contribution is 2.37. The minimum absolute atomic E-state index is 0.301. The number of amides is 2. The summed E-state index contributed by atoms with van der Waals surface area (Å²) in [6.45, 7) is 2.65. The molecule has 0 spiro atoms. The fourth-order valence-electron chi connectivity index (χ4n) is 2.67. The summed E-state index contributed by atoms with van der Waals surface area (Å²) in [6.07, 6.45) is 0. The maximum absolute atomic E-state index is 12.4. The van der Waals surface area contributed by atoms with Gasteiger partial charge >= 0.3 is 0 Å². The molecule has 2 aromatic carbocycles. The first-order valence-electron chi connectivity index (χ1n) is 8.47. The van der Waals surface area contributed by atoms with Crippen LogP contribution in [0.5, 0.6) is 11.5 Å². The van der Waals surface area contributed by atoms with Gasteiger partial charge in [0.05, 0.1) is 10.2 Å². The molecule has 0 fully saturated rings. The summed E-state index contributed by atoms with van der Waals surface area (Å²) in [5.41, 5.74) is 1.23. The second-order valence-corrected chi connectivity index (χ2v) is 7.06. The lowest BCUT2D eigenvalue weighted by Crippen LogP contribution is -2.41. The number of hydrogen-bond donors (Lipinski definition) is 2. The van der Waals surface area contributed by atoms with Crippen molar-refractivity contribution in [3.05, 3.63) is 48.0 Å². The van der Waals surface area contributed by atoms with E-state index in [9.17, 15) is 9.59 Å². The molecule has 7 nitrogen and oxygen atoms in total. The van der Waals surface area contributed by atoms with E-state index in [2.05, 4.69) is 15.6 Å². The van der Waals surface area contributed by atoms with Crippen LogP contribution < -0.4 is 20.1 Å². The van der Waals surface area contributed by atoms with Crippen molar-refractivity contribution in [2.24, 2.45) is 0 Å². The van der Waals surface area contributed by atoms with Crippen molar-refractivity contribution < 1.29 is 19.1 Å². The smallest absolute Gasteiger partial charge is 0.251 e. The van der Waals surface area contributed by atoms with Gasteiger partial charge in [-0.15, -0.1) is 0 Å². The molecule has 0 radical (unpaired) electrons. The Bertz CT molecular complexity index is 960. The van der Waals surface area contributed by atoms with Crippen molar-refractivity contribution in [3.8, 4) is 11.5 Å². The Morgan fingerprint density at radius 1 is 1.11 bits per heavy atom. The lowest BCUT2D eigenvalue weighted by Gasteiger charge is -2.17. The highest BCUT2D eigenvalue weighted by Gasteiger charge is 2.19. The molecular weight excluding hydrogens is 366 g/mol. The summed E-state index contributed by atoms with van der Waals surface area (Å²) in [5, 5.41) is 5.89. The normalized spacial score (nSPS) is 13.8. The second kappa shape index (κ2) is 7.24. The standard InChI is InChI=1S/C19H17N3O4S/c1-11(20-18(24)12-5-3-2-4-6-12)17(23)22-19-21-13-9-14-15(10-16(13)27-19)26-8-7-25-14/h2-6,9-11H,7-8H2,1H3,(H,20,24)(H,21,22,23)/t11-/m1/s1. The molecule has 2 N–H and O–H groups in total. The molecule has 1 aliphatic heterocycles. The molecule has 1 aromatic heterocycles. The van der Waals surface area contributed by atoms with Crippen LogP contribution in [0.15, 0.2) is 42.5 Å². The van der Waals surface area contributed by atoms with Crippen LogP contribution in [0.1, 0.15) is 17.3 Å². The van der Waals surface area contributed by atoms with Crippen molar-refractivity contribution in [3.63, 3.8) is 0 Å². The molecule has 4 rings (SSSR count). The third kappa shape index (κ3) is 3.70. The number of aromatic nitrogens is 1.